The molecule has 102 valence electrons. The summed E-state index contributed by atoms with van der Waals surface area (Å²) in [6, 6.07) is 9.69. The van der Waals surface area contributed by atoms with Crippen molar-refractivity contribution in [3.05, 3.63) is 29.8 Å². The third kappa shape index (κ3) is 3.27. The standard InChI is InChI=1S/C16H21NO2/c1-19-14-9-7-12(8-10-14)15(11-17)16(18)13-5-3-2-4-6-13/h7-10,13,15-16,18H,2-6H2,1H3/t15-,16-/m1/s1. The van der Waals surface area contributed by atoms with Crippen LogP contribution in [0.2, 0.25) is 0 Å². The van der Waals surface area contributed by atoms with Crippen molar-refractivity contribution in [3.63, 3.8) is 0 Å². The van der Waals surface area contributed by atoms with E-state index in [4.69, 9.17) is 4.74 Å². The van der Waals surface area contributed by atoms with E-state index in [2.05, 4.69) is 6.07 Å². The molecule has 2 rings (SSSR count). The molecule has 1 fully saturated rings. The van der Waals surface area contributed by atoms with E-state index in [-0.39, 0.29) is 5.92 Å². The molecule has 3 heteroatoms. The van der Waals surface area contributed by atoms with Crippen LogP contribution in [0.1, 0.15) is 43.6 Å². The number of aliphatic hydroxyl groups is 1. The zero-order valence-electron chi connectivity index (χ0n) is 11.4. The van der Waals surface area contributed by atoms with Crippen LogP contribution in [0.5, 0.6) is 5.75 Å². The summed E-state index contributed by atoms with van der Waals surface area (Å²) >= 11 is 0. The Hall–Kier alpha value is -1.53. The van der Waals surface area contributed by atoms with Gasteiger partial charge in [0.25, 0.3) is 0 Å². The van der Waals surface area contributed by atoms with E-state index in [1.165, 1.54) is 19.3 Å². The second kappa shape index (κ2) is 6.58. The number of methoxy groups -OCH3 is 1. The Balaban J connectivity index is 2.11. The molecule has 0 heterocycles. The molecule has 0 radical (unpaired) electrons. The number of nitriles is 1. The summed E-state index contributed by atoms with van der Waals surface area (Å²) in [7, 11) is 1.62. The first-order valence-electron chi connectivity index (χ1n) is 6.98. The highest BCUT2D eigenvalue weighted by atomic mass is 16.5. The lowest BCUT2D eigenvalue weighted by atomic mass is 9.79. The predicted molar refractivity (Wildman–Crippen MR) is 73.9 cm³/mol. The summed E-state index contributed by atoms with van der Waals surface area (Å²) in [5, 5.41) is 19.8. The van der Waals surface area contributed by atoms with Gasteiger partial charge in [0.15, 0.2) is 0 Å². The second-order valence-electron chi connectivity index (χ2n) is 5.27. The van der Waals surface area contributed by atoms with Crippen LogP contribution in [0.3, 0.4) is 0 Å². The smallest absolute Gasteiger partial charge is 0.118 e. The average molecular weight is 259 g/mol. The molecular formula is C16H21NO2. The van der Waals surface area contributed by atoms with Crippen molar-refractivity contribution in [2.24, 2.45) is 5.92 Å². The van der Waals surface area contributed by atoms with E-state index in [0.29, 0.717) is 0 Å². The summed E-state index contributed by atoms with van der Waals surface area (Å²) in [4.78, 5) is 0. The molecule has 0 aromatic heterocycles. The van der Waals surface area contributed by atoms with Crippen LogP contribution in [-0.2, 0) is 0 Å². The first-order chi connectivity index (χ1) is 9.26. The normalized spacial score (nSPS) is 19.4. The van der Waals surface area contributed by atoms with Gasteiger partial charge in [0.1, 0.15) is 5.75 Å². The third-order valence-electron chi connectivity index (χ3n) is 4.09. The van der Waals surface area contributed by atoms with Crippen LogP contribution in [0.4, 0.5) is 0 Å². The zero-order valence-corrected chi connectivity index (χ0v) is 11.4. The largest absolute Gasteiger partial charge is 0.497 e. The maximum atomic E-state index is 10.5. The predicted octanol–water partition coefficient (Wildman–Crippen LogP) is 3.24. The van der Waals surface area contributed by atoms with E-state index < -0.39 is 12.0 Å². The molecular weight excluding hydrogens is 238 g/mol. The van der Waals surface area contributed by atoms with Gasteiger partial charge in [0.05, 0.1) is 25.2 Å². The van der Waals surface area contributed by atoms with Gasteiger partial charge in [0, 0.05) is 0 Å². The molecule has 0 amide bonds. The van der Waals surface area contributed by atoms with Gasteiger partial charge in [0.2, 0.25) is 0 Å². The maximum Gasteiger partial charge on any atom is 0.118 e. The molecule has 0 unspecified atom stereocenters. The Morgan fingerprint density at radius 1 is 1.21 bits per heavy atom. The number of rotatable bonds is 4. The Kier molecular flexibility index (Phi) is 4.81. The Morgan fingerprint density at radius 3 is 2.37 bits per heavy atom. The maximum absolute atomic E-state index is 10.5. The van der Waals surface area contributed by atoms with Crippen LogP contribution >= 0.6 is 0 Å². The van der Waals surface area contributed by atoms with Gasteiger partial charge in [-0.15, -0.1) is 0 Å². The first-order valence-corrected chi connectivity index (χ1v) is 6.98. The Morgan fingerprint density at radius 2 is 1.84 bits per heavy atom. The van der Waals surface area contributed by atoms with E-state index in [9.17, 15) is 10.4 Å². The third-order valence-corrected chi connectivity index (χ3v) is 4.09. The van der Waals surface area contributed by atoms with E-state index in [1.54, 1.807) is 7.11 Å². The molecule has 0 spiro atoms. The van der Waals surface area contributed by atoms with Gasteiger partial charge in [-0.2, -0.15) is 5.26 Å². The minimum atomic E-state index is -0.557. The van der Waals surface area contributed by atoms with Crippen LogP contribution < -0.4 is 4.74 Å². The highest BCUT2D eigenvalue weighted by Gasteiger charge is 2.29. The number of ether oxygens (including phenoxy) is 1. The number of nitrogens with zero attached hydrogens (tertiary/aromatic N) is 1. The summed E-state index contributed by atoms with van der Waals surface area (Å²) in [5.74, 6) is 0.599. The van der Waals surface area contributed by atoms with E-state index in [0.717, 1.165) is 24.2 Å². The van der Waals surface area contributed by atoms with Crippen molar-refractivity contribution >= 4 is 0 Å². The van der Waals surface area contributed by atoms with Gasteiger partial charge >= 0.3 is 0 Å². The van der Waals surface area contributed by atoms with E-state index in [1.807, 2.05) is 24.3 Å². The van der Waals surface area contributed by atoms with Gasteiger partial charge in [-0.05, 0) is 36.5 Å². The first kappa shape index (κ1) is 13.9. The van der Waals surface area contributed by atoms with Crippen molar-refractivity contribution < 1.29 is 9.84 Å². The lowest BCUT2D eigenvalue weighted by Crippen LogP contribution is -2.28. The van der Waals surface area contributed by atoms with E-state index >= 15 is 0 Å². The molecule has 1 N–H and O–H groups in total. The minimum absolute atomic E-state index is 0.264. The van der Waals surface area contributed by atoms with Crippen molar-refractivity contribution in [2.75, 3.05) is 7.11 Å². The fourth-order valence-electron chi connectivity index (χ4n) is 2.91. The van der Waals surface area contributed by atoms with Crippen molar-refractivity contribution in [3.8, 4) is 11.8 Å². The fraction of sp³-hybridized carbons (Fsp3) is 0.562. The van der Waals surface area contributed by atoms with Crippen molar-refractivity contribution in [1.82, 2.24) is 0 Å². The molecule has 0 bridgehead atoms. The molecule has 1 saturated carbocycles. The average Bonchev–Trinajstić information content (AvgIpc) is 2.49. The highest BCUT2D eigenvalue weighted by Crippen LogP contribution is 2.33. The number of aliphatic hydroxyl groups excluding tert-OH is 1. The molecule has 0 saturated heterocycles. The molecule has 2 atom stereocenters. The van der Waals surface area contributed by atoms with Crippen LogP contribution in [-0.4, -0.2) is 18.3 Å². The van der Waals surface area contributed by atoms with Crippen LogP contribution in [0, 0.1) is 17.2 Å². The quantitative estimate of drug-likeness (QED) is 0.903. The van der Waals surface area contributed by atoms with Crippen LogP contribution in [0.15, 0.2) is 24.3 Å². The molecule has 1 aliphatic rings. The highest BCUT2D eigenvalue weighted by molar-refractivity contribution is 5.33. The molecule has 1 aliphatic carbocycles. The Labute approximate surface area is 114 Å². The summed E-state index contributed by atoms with van der Waals surface area (Å²) < 4.78 is 5.11. The molecule has 1 aromatic rings. The fourth-order valence-corrected chi connectivity index (χ4v) is 2.91. The number of benzene rings is 1. The molecule has 1 aromatic carbocycles. The SMILES string of the molecule is COc1ccc([C@@H](C#N)[C@H](O)C2CCCCC2)cc1. The Bertz CT molecular complexity index is 429. The number of hydrogen-bond acceptors (Lipinski definition) is 3. The topological polar surface area (TPSA) is 53.2 Å². The minimum Gasteiger partial charge on any atom is -0.497 e. The van der Waals surface area contributed by atoms with Crippen LogP contribution in [0.25, 0.3) is 0 Å². The molecule has 3 nitrogen and oxygen atoms in total. The summed E-state index contributed by atoms with van der Waals surface area (Å²) in [5.41, 5.74) is 0.876. The van der Waals surface area contributed by atoms with Gasteiger partial charge < -0.3 is 9.84 Å². The summed E-state index contributed by atoms with van der Waals surface area (Å²) in [6.07, 6.45) is 5.11. The van der Waals surface area contributed by atoms with Gasteiger partial charge in [-0.1, -0.05) is 31.4 Å². The second-order valence-corrected chi connectivity index (χ2v) is 5.27. The van der Waals surface area contributed by atoms with Gasteiger partial charge in [-0.25, -0.2) is 0 Å². The monoisotopic (exact) mass is 259 g/mol. The van der Waals surface area contributed by atoms with Crippen molar-refractivity contribution in [2.45, 2.75) is 44.1 Å². The lowest BCUT2D eigenvalue weighted by Gasteiger charge is -2.29. The molecule has 19 heavy (non-hydrogen) atoms. The zero-order chi connectivity index (χ0) is 13.7. The van der Waals surface area contributed by atoms with Gasteiger partial charge in [-0.3, -0.25) is 0 Å². The lowest BCUT2D eigenvalue weighted by molar-refractivity contribution is 0.0744. The summed E-state index contributed by atoms with van der Waals surface area (Å²) in [6.45, 7) is 0. The number of hydrogen-bond donors (Lipinski definition) is 1. The molecule has 0 aliphatic heterocycles. The van der Waals surface area contributed by atoms with Crippen molar-refractivity contribution in [1.29, 1.82) is 5.26 Å².